The molecule has 0 N–H and O–H groups in total. The number of hydrogen-bond acceptors (Lipinski definition) is 2. The molecule has 0 saturated heterocycles. The lowest BCUT2D eigenvalue weighted by Crippen LogP contribution is -1.88. The first-order valence-corrected chi connectivity index (χ1v) is 3.82. The van der Waals surface area contributed by atoms with Crippen LogP contribution in [0.3, 0.4) is 0 Å². The van der Waals surface area contributed by atoms with Crippen molar-refractivity contribution in [3.63, 3.8) is 0 Å². The van der Waals surface area contributed by atoms with Gasteiger partial charge in [0, 0.05) is 4.91 Å². The van der Waals surface area contributed by atoms with E-state index in [2.05, 4.69) is 24.6 Å². The second kappa shape index (κ2) is 2.90. The van der Waals surface area contributed by atoms with Gasteiger partial charge >= 0.3 is 0 Å². The summed E-state index contributed by atoms with van der Waals surface area (Å²) in [5.74, 6) is 0.581. The van der Waals surface area contributed by atoms with Gasteiger partial charge in [-0.1, -0.05) is 31.3 Å². The molecule has 0 atom stereocenters. The molecular weight excluding hydrogens is 130 g/mol. The van der Waals surface area contributed by atoms with Gasteiger partial charge in [0.2, 0.25) is 0 Å². The van der Waals surface area contributed by atoms with Crippen LogP contribution in [0.4, 0.5) is 0 Å². The number of aliphatic imine (C=N–C) groups is 1. The third-order valence-electron chi connectivity index (χ3n) is 1.05. The lowest BCUT2D eigenvalue weighted by molar-refractivity contribution is 0.819. The average Bonchev–Trinajstić information content (AvgIpc) is 1.90. The van der Waals surface area contributed by atoms with Gasteiger partial charge in [-0.05, 0) is 5.92 Å². The SMILES string of the molecule is CC(C)C1=C=CN=CS1. The van der Waals surface area contributed by atoms with Crippen molar-refractivity contribution in [1.82, 2.24) is 0 Å². The zero-order valence-electron chi connectivity index (χ0n) is 5.59. The van der Waals surface area contributed by atoms with Crippen molar-refractivity contribution in [2.45, 2.75) is 13.8 Å². The van der Waals surface area contributed by atoms with E-state index >= 15 is 0 Å². The predicted molar refractivity (Wildman–Crippen MR) is 42.5 cm³/mol. The van der Waals surface area contributed by atoms with Crippen LogP contribution < -0.4 is 0 Å². The van der Waals surface area contributed by atoms with E-state index in [1.807, 2.05) is 5.55 Å². The van der Waals surface area contributed by atoms with Gasteiger partial charge in [0.25, 0.3) is 0 Å². The highest BCUT2D eigenvalue weighted by Crippen LogP contribution is 2.22. The maximum absolute atomic E-state index is 3.89. The van der Waals surface area contributed by atoms with Crippen LogP contribution in [-0.2, 0) is 0 Å². The van der Waals surface area contributed by atoms with E-state index in [4.69, 9.17) is 0 Å². The second-order valence-electron chi connectivity index (χ2n) is 2.16. The van der Waals surface area contributed by atoms with Gasteiger partial charge in [-0.2, -0.15) is 0 Å². The molecule has 1 heterocycles. The summed E-state index contributed by atoms with van der Waals surface area (Å²) < 4.78 is 0. The van der Waals surface area contributed by atoms with Crippen LogP contribution in [0, 0.1) is 5.92 Å². The summed E-state index contributed by atoms with van der Waals surface area (Å²) in [5.41, 5.74) is 4.91. The molecule has 0 unspecified atom stereocenters. The molecule has 0 saturated carbocycles. The molecule has 0 radical (unpaired) electrons. The third kappa shape index (κ3) is 1.74. The molecular formula is C7H9NS. The fourth-order valence-corrected chi connectivity index (χ4v) is 1.18. The smallest absolute Gasteiger partial charge is 0.0701 e. The Bertz CT molecular complexity index is 185. The normalized spacial score (nSPS) is 16.6. The van der Waals surface area contributed by atoms with Crippen molar-refractivity contribution >= 4 is 17.3 Å². The van der Waals surface area contributed by atoms with E-state index in [0.717, 1.165) is 0 Å². The first-order chi connectivity index (χ1) is 4.30. The minimum absolute atomic E-state index is 0.581. The zero-order valence-corrected chi connectivity index (χ0v) is 6.40. The Morgan fingerprint density at radius 2 is 2.44 bits per heavy atom. The van der Waals surface area contributed by atoms with Gasteiger partial charge in [-0.3, -0.25) is 0 Å². The second-order valence-corrected chi connectivity index (χ2v) is 3.05. The molecule has 0 aliphatic carbocycles. The van der Waals surface area contributed by atoms with Gasteiger partial charge in [-0.25, -0.2) is 4.99 Å². The van der Waals surface area contributed by atoms with E-state index in [1.54, 1.807) is 18.0 Å². The fraction of sp³-hybridized carbons (Fsp3) is 0.429. The van der Waals surface area contributed by atoms with Crippen molar-refractivity contribution in [1.29, 1.82) is 0 Å². The number of nitrogens with zero attached hydrogens (tertiary/aromatic N) is 1. The van der Waals surface area contributed by atoms with Crippen LogP contribution in [0.25, 0.3) is 0 Å². The van der Waals surface area contributed by atoms with Gasteiger partial charge in [0.1, 0.15) is 0 Å². The Labute approximate surface area is 59.6 Å². The number of hydrogen-bond donors (Lipinski definition) is 0. The summed E-state index contributed by atoms with van der Waals surface area (Å²) in [5, 5.41) is 0. The topological polar surface area (TPSA) is 12.4 Å². The first-order valence-electron chi connectivity index (χ1n) is 2.94. The number of allylic oxidation sites excluding steroid dienone is 1. The van der Waals surface area contributed by atoms with E-state index in [1.165, 1.54) is 4.91 Å². The summed E-state index contributed by atoms with van der Waals surface area (Å²) >= 11 is 1.65. The first kappa shape index (κ1) is 6.66. The summed E-state index contributed by atoms with van der Waals surface area (Å²) in [6, 6.07) is 0. The van der Waals surface area contributed by atoms with Gasteiger partial charge in [0.05, 0.1) is 11.7 Å². The Balaban J connectivity index is 2.73. The molecule has 9 heavy (non-hydrogen) atoms. The largest absolute Gasteiger partial charge is 0.249 e. The minimum atomic E-state index is 0.581. The quantitative estimate of drug-likeness (QED) is 0.508. The molecule has 0 aromatic heterocycles. The summed E-state index contributed by atoms with van der Waals surface area (Å²) in [7, 11) is 0. The predicted octanol–water partition coefficient (Wildman–Crippen LogP) is 2.41. The zero-order chi connectivity index (χ0) is 6.69. The van der Waals surface area contributed by atoms with E-state index in [0.29, 0.717) is 5.92 Å². The summed E-state index contributed by atoms with van der Waals surface area (Å²) in [4.78, 5) is 5.16. The Kier molecular flexibility index (Phi) is 2.15. The van der Waals surface area contributed by atoms with Crippen molar-refractivity contribution in [3.8, 4) is 0 Å². The molecule has 0 fully saturated rings. The van der Waals surface area contributed by atoms with Gasteiger partial charge < -0.3 is 0 Å². The molecule has 1 aliphatic rings. The van der Waals surface area contributed by atoms with Gasteiger partial charge in [-0.15, -0.1) is 0 Å². The van der Waals surface area contributed by atoms with Gasteiger partial charge in [0.15, 0.2) is 0 Å². The van der Waals surface area contributed by atoms with E-state index in [9.17, 15) is 0 Å². The van der Waals surface area contributed by atoms with E-state index < -0.39 is 0 Å². The maximum Gasteiger partial charge on any atom is 0.0701 e. The number of rotatable bonds is 1. The van der Waals surface area contributed by atoms with Crippen molar-refractivity contribution < 1.29 is 0 Å². The Morgan fingerprint density at radius 3 is 2.78 bits per heavy atom. The third-order valence-corrected chi connectivity index (χ3v) is 2.12. The molecule has 0 aromatic rings. The fourth-order valence-electron chi connectivity index (χ4n) is 0.555. The van der Waals surface area contributed by atoms with Crippen molar-refractivity contribution in [2.24, 2.45) is 10.9 Å². The Hall–Kier alpha value is -0.460. The lowest BCUT2D eigenvalue weighted by atomic mass is 10.2. The number of thioether (sulfide) groups is 1. The van der Waals surface area contributed by atoms with Crippen molar-refractivity contribution in [2.75, 3.05) is 0 Å². The molecule has 48 valence electrons. The highest BCUT2D eigenvalue weighted by atomic mass is 32.2. The monoisotopic (exact) mass is 139 g/mol. The molecule has 0 bridgehead atoms. The average molecular weight is 139 g/mol. The van der Waals surface area contributed by atoms with Crippen LogP contribution in [0.5, 0.6) is 0 Å². The highest BCUT2D eigenvalue weighted by Gasteiger charge is 2.01. The lowest BCUT2D eigenvalue weighted by Gasteiger charge is -2.04. The van der Waals surface area contributed by atoms with Crippen molar-refractivity contribution in [3.05, 3.63) is 16.8 Å². The highest BCUT2D eigenvalue weighted by molar-refractivity contribution is 8.15. The van der Waals surface area contributed by atoms with Crippen LogP contribution in [0.1, 0.15) is 13.8 Å². The van der Waals surface area contributed by atoms with Crippen LogP contribution in [-0.4, -0.2) is 5.55 Å². The molecule has 0 aromatic carbocycles. The van der Waals surface area contributed by atoms with Crippen LogP contribution >= 0.6 is 11.8 Å². The molecule has 2 heteroatoms. The van der Waals surface area contributed by atoms with E-state index in [-0.39, 0.29) is 0 Å². The van der Waals surface area contributed by atoms with Crippen LogP contribution in [0.2, 0.25) is 0 Å². The molecule has 0 spiro atoms. The molecule has 0 amide bonds. The Morgan fingerprint density at radius 1 is 1.67 bits per heavy atom. The summed E-state index contributed by atoms with van der Waals surface area (Å²) in [6.45, 7) is 4.31. The molecule has 1 aliphatic heterocycles. The minimum Gasteiger partial charge on any atom is -0.249 e. The molecule has 1 rings (SSSR count). The molecule has 1 nitrogen and oxygen atoms in total. The van der Waals surface area contributed by atoms with Crippen LogP contribution in [0.15, 0.2) is 21.8 Å². The standard InChI is InChI=1S/C7H9NS/c1-6(2)7-3-4-8-5-9-7/h4-6H,1-2H3. The maximum atomic E-state index is 3.89. The summed E-state index contributed by atoms with van der Waals surface area (Å²) in [6.07, 6.45) is 1.71.